The number of hydrogen-bond donors (Lipinski definition) is 1. The quantitative estimate of drug-likeness (QED) is 0.751. The first-order chi connectivity index (χ1) is 6.33. The molecule has 2 rings (SSSR count). The number of nitrogens with one attached hydrogen (secondary N) is 1. The van der Waals surface area contributed by atoms with Gasteiger partial charge in [0, 0.05) is 12.2 Å². The molecule has 1 atom stereocenters. The minimum Gasteiger partial charge on any atom is -0.312 e. The molecule has 13 heavy (non-hydrogen) atoms. The van der Waals surface area contributed by atoms with Gasteiger partial charge in [-0.3, -0.25) is 0 Å². The molecule has 0 saturated carbocycles. The van der Waals surface area contributed by atoms with Crippen molar-refractivity contribution in [1.29, 1.82) is 0 Å². The Hall–Kier alpha value is -1.35. The molecule has 1 unspecified atom stereocenters. The molecular weight excluding hydrogens is 162 g/mol. The first-order valence-corrected chi connectivity index (χ1v) is 4.43. The second kappa shape index (κ2) is 3.18. The second-order valence-electron chi connectivity index (χ2n) is 3.13. The van der Waals surface area contributed by atoms with Gasteiger partial charge in [-0.2, -0.15) is 5.10 Å². The normalized spacial score (nSPS) is 13.4. The topological polar surface area (TPSA) is 29.3 Å². The van der Waals surface area contributed by atoms with Crippen LogP contribution in [0.2, 0.25) is 0 Å². The van der Waals surface area contributed by atoms with Crippen LogP contribution in [0.25, 0.3) is 5.52 Å². The summed E-state index contributed by atoms with van der Waals surface area (Å²) in [6.07, 6.45) is 1.82. The molecule has 0 fully saturated rings. The van der Waals surface area contributed by atoms with E-state index in [-0.39, 0.29) is 0 Å². The van der Waals surface area contributed by atoms with Gasteiger partial charge in [0.2, 0.25) is 0 Å². The van der Waals surface area contributed by atoms with E-state index < -0.39 is 0 Å². The smallest absolute Gasteiger partial charge is 0.0665 e. The third-order valence-electron chi connectivity index (χ3n) is 2.33. The highest BCUT2D eigenvalue weighted by Crippen LogP contribution is 2.13. The van der Waals surface area contributed by atoms with Gasteiger partial charge < -0.3 is 5.32 Å². The van der Waals surface area contributed by atoms with Gasteiger partial charge in [0.15, 0.2) is 0 Å². The van der Waals surface area contributed by atoms with Crippen LogP contribution in [-0.2, 0) is 0 Å². The third kappa shape index (κ3) is 1.31. The second-order valence-corrected chi connectivity index (χ2v) is 3.13. The molecule has 0 aliphatic carbocycles. The largest absolute Gasteiger partial charge is 0.312 e. The predicted molar refractivity (Wildman–Crippen MR) is 52.7 cm³/mol. The summed E-state index contributed by atoms with van der Waals surface area (Å²) >= 11 is 0. The van der Waals surface area contributed by atoms with Crippen molar-refractivity contribution in [2.24, 2.45) is 0 Å². The summed E-state index contributed by atoms with van der Waals surface area (Å²) in [5, 5.41) is 7.47. The number of pyridine rings is 1. The van der Waals surface area contributed by atoms with E-state index in [0.717, 1.165) is 5.52 Å². The number of fused-ring (bicyclic) bond motifs is 1. The van der Waals surface area contributed by atoms with E-state index in [1.54, 1.807) is 0 Å². The van der Waals surface area contributed by atoms with Crippen LogP contribution < -0.4 is 5.32 Å². The molecule has 1 N–H and O–H groups in total. The van der Waals surface area contributed by atoms with Crippen LogP contribution in [0, 0.1) is 0 Å². The van der Waals surface area contributed by atoms with E-state index in [1.165, 1.54) is 5.69 Å². The Bertz CT molecular complexity index is 405. The van der Waals surface area contributed by atoms with Gasteiger partial charge in [-0.1, -0.05) is 6.07 Å². The van der Waals surface area contributed by atoms with Crippen LogP contribution in [0.3, 0.4) is 0 Å². The molecule has 0 aromatic carbocycles. The number of rotatable bonds is 2. The molecule has 2 aromatic rings. The van der Waals surface area contributed by atoms with Crippen molar-refractivity contribution in [2.45, 2.75) is 13.0 Å². The summed E-state index contributed by atoms with van der Waals surface area (Å²) in [7, 11) is 1.95. The van der Waals surface area contributed by atoms with Crippen molar-refractivity contribution >= 4 is 5.52 Å². The average Bonchev–Trinajstić information content (AvgIpc) is 2.63. The van der Waals surface area contributed by atoms with Crippen molar-refractivity contribution in [3.63, 3.8) is 0 Å². The van der Waals surface area contributed by atoms with Crippen molar-refractivity contribution in [1.82, 2.24) is 14.9 Å². The zero-order chi connectivity index (χ0) is 9.26. The Labute approximate surface area is 77.4 Å². The lowest BCUT2D eigenvalue weighted by Crippen LogP contribution is -2.15. The molecule has 0 aliphatic rings. The summed E-state index contributed by atoms with van der Waals surface area (Å²) in [5.41, 5.74) is 2.32. The molecule has 2 heterocycles. The fourth-order valence-corrected chi connectivity index (χ4v) is 1.45. The third-order valence-corrected chi connectivity index (χ3v) is 2.33. The molecule has 3 nitrogen and oxygen atoms in total. The van der Waals surface area contributed by atoms with Gasteiger partial charge in [0.25, 0.3) is 0 Å². The molecule has 0 radical (unpaired) electrons. The maximum Gasteiger partial charge on any atom is 0.0665 e. The molecule has 3 heteroatoms. The molecule has 0 saturated heterocycles. The van der Waals surface area contributed by atoms with E-state index in [0.29, 0.717) is 6.04 Å². The molecular formula is C10H13N3. The predicted octanol–water partition coefficient (Wildman–Crippen LogP) is 1.61. The van der Waals surface area contributed by atoms with Gasteiger partial charge >= 0.3 is 0 Å². The lowest BCUT2D eigenvalue weighted by molar-refractivity contribution is 0.611. The van der Waals surface area contributed by atoms with Gasteiger partial charge in [-0.25, -0.2) is 4.52 Å². The molecule has 68 valence electrons. The maximum absolute atomic E-state index is 4.26. The maximum atomic E-state index is 4.26. The summed E-state index contributed by atoms with van der Waals surface area (Å²) < 4.78 is 1.96. The Kier molecular flexibility index (Phi) is 2.02. The van der Waals surface area contributed by atoms with Crippen molar-refractivity contribution in [3.05, 3.63) is 36.2 Å². The van der Waals surface area contributed by atoms with Crippen LogP contribution in [0.4, 0.5) is 0 Å². The van der Waals surface area contributed by atoms with Crippen molar-refractivity contribution in [3.8, 4) is 0 Å². The molecule has 0 bridgehead atoms. The van der Waals surface area contributed by atoms with E-state index in [4.69, 9.17) is 0 Å². The Balaban J connectivity index is 2.60. The fourth-order valence-electron chi connectivity index (χ4n) is 1.45. The fraction of sp³-hybridized carbons (Fsp3) is 0.300. The van der Waals surface area contributed by atoms with E-state index in [2.05, 4.69) is 35.5 Å². The molecule has 0 amide bonds. The van der Waals surface area contributed by atoms with E-state index in [9.17, 15) is 0 Å². The highest BCUT2D eigenvalue weighted by atomic mass is 15.2. The Morgan fingerprint density at radius 3 is 3.00 bits per heavy atom. The van der Waals surface area contributed by atoms with E-state index >= 15 is 0 Å². The van der Waals surface area contributed by atoms with Crippen molar-refractivity contribution in [2.75, 3.05) is 7.05 Å². The zero-order valence-corrected chi connectivity index (χ0v) is 7.86. The average molecular weight is 175 g/mol. The highest BCUT2D eigenvalue weighted by Gasteiger charge is 2.06. The number of aromatic nitrogens is 2. The Morgan fingerprint density at radius 1 is 1.38 bits per heavy atom. The zero-order valence-electron chi connectivity index (χ0n) is 7.86. The summed E-state index contributed by atoms with van der Waals surface area (Å²) in [4.78, 5) is 0. The number of hydrogen-bond acceptors (Lipinski definition) is 2. The summed E-state index contributed by atoms with van der Waals surface area (Å²) in [6, 6.07) is 8.52. The number of nitrogens with zero attached hydrogens (tertiary/aromatic N) is 2. The Morgan fingerprint density at radius 2 is 2.23 bits per heavy atom. The van der Waals surface area contributed by atoms with Crippen LogP contribution in [-0.4, -0.2) is 16.7 Å². The molecule has 0 aliphatic heterocycles. The SMILES string of the molecule is CNC(C)c1cccc2ccnn12. The van der Waals surface area contributed by atoms with Crippen LogP contribution in [0.1, 0.15) is 18.7 Å². The van der Waals surface area contributed by atoms with E-state index in [1.807, 2.05) is 23.8 Å². The van der Waals surface area contributed by atoms with Crippen LogP contribution in [0.15, 0.2) is 30.5 Å². The van der Waals surface area contributed by atoms with Gasteiger partial charge in [-0.05, 0) is 32.2 Å². The monoisotopic (exact) mass is 175 g/mol. The van der Waals surface area contributed by atoms with Crippen molar-refractivity contribution < 1.29 is 0 Å². The standard InChI is InChI=1S/C10H13N3/c1-8(11-2)10-5-3-4-9-6-7-12-13(9)10/h3-8,11H,1-2H3. The van der Waals surface area contributed by atoms with Crippen LogP contribution >= 0.6 is 0 Å². The van der Waals surface area contributed by atoms with Gasteiger partial charge in [0.05, 0.1) is 11.2 Å². The van der Waals surface area contributed by atoms with Crippen LogP contribution in [0.5, 0.6) is 0 Å². The highest BCUT2D eigenvalue weighted by molar-refractivity contribution is 5.46. The first kappa shape index (κ1) is 8.26. The lowest BCUT2D eigenvalue weighted by atomic mass is 10.2. The van der Waals surface area contributed by atoms with Gasteiger partial charge in [0.1, 0.15) is 0 Å². The summed E-state index contributed by atoms with van der Waals surface area (Å²) in [5.74, 6) is 0. The van der Waals surface area contributed by atoms with Gasteiger partial charge in [-0.15, -0.1) is 0 Å². The first-order valence-electron chi connectivity index (χ1n) is 4.43. The minimum absolute atomic E-state index is 0.323. The lowest BCUT2D eigenvalue weighted by Gasteiger charge is -2.11. The molecule has 0 spiro atoms. The summed E-state index contributed by atoms with van der Waals surface area (Å²) in [6.45, 7) is 2.12. The minimum atomic E-state index is 0.323. The molecule has 2 aromatic heterocycles.